The Hall–Kier alpha value is -3.45. The molecule has 6 nitrogen and oxygen atoms in total. The smallest absolute Gasteiger partial charge is 0.251 e. The summed E-state index contributed by atoms with van der Waals surface area (Å²) in [5.41, 5.74) is 1.32. The van der Waals surface area contributed by atoms with Crippen molar-refractivity contribution in [1.82, 2.24) is 10.3 Å². The minimum atomic E-state index is -0.330. The maximum atomic E-state index is 12.9. The third kappa shape index (κ3) is 6.29. The average molecular weight is 396 g/mol. The van der Waals surface area contributed by atoms with Gasteiger partial charge in [-0.3, -0.25) is 4.79 Å². The Bertz CT molecular complexity index is 930. The SMILES string of the molecule is COCCOc1cccc(C(=O)NCc2ccc(Oc3ccc(F)cc3)nc2)c1. The second-order valence-corrected chi connectivity index (χ2v) is 6.11. The van der Waals surface area contributed by atoms with Gasteiger partial charge in [0.1, 0.15) is 23.9 Å². The lowest BCUT2D eigenvalue weighted by atomic mass is 10.2. The standard InChI is InChI=1S/C22H21FN2O4/c1-27-11-12-28-20-4-2-3-17(13-20)22(26)25-15-16-5-10-21(24-14-16)29-19-8-6-18(23)7-9-19/h2-10,13-14H,11-12,15H2,1H3,(H,25,26). The van der Waals surface area contributed by atoms with E-state index in [9.17, 15) is 9.18 Å². The van der Waals surface area contributed by atoms with E-state index >= 15 is 0 Å². The van der Waals surface area contributed by atoms with E-state index in [0.29, 0.717) is 42.7 Å². The lowest BCUT2D eigenvalue weighted by molar-refractivity contribution is 0.0950. The van der Waals surface area contributed by atoms with Gasteiger partial charge in [-0.15, -0.1) is 0 Å². The molecule has 1 amide bonds. The van der Waals surface area contributed by atoms with Crippen LogP contribution in [0.25, 0.3) is 0 Å². The molecule has 0 bridgehead atoms. The van der Waals surface area contributed by atoms with Crippen molar-refractivity contribution in [2.45, 2.75) is 6.54 Å². The van der Waals surface area contributed by atoms with Crippen LogP contribution >= 0.6 is 0 Å². The summed E-state index contributed by atoms with van der Waals surface area (Å²) in [6.45, 7) is 1.21. The van der Waals surface area contributed by atoms with Crippen LogP contribution in [0, 0.1) is 5.82 Å². The summed E-state index contributed by atoms with van der Waals surface area (Å²) in [4.78, 5) is 16.6. The minimum Gasteiger partial charge on any atom is -0.491 e. The first-order valence-corrected chi connectivity index (χ1v) is 9.02. The van der Waals surface area contributed by atoms with Gasteiger partial charge in [0, 0.05) is 31.5 Å². The number of pyridine rings is 1. The predicted molar refractivity (Wildman–Crippen MR) is 106 cm³/mol. The normalized spacial score (nSPS) is 10.4. The van der Waals surface area contributed by atoms with Crippen molar-refractivity contribution in [3.05, 3.63) is 83.8 Å². The highest BCUT2D eigenvalue weighted by molar-refractivity contribution is 5.94. The summed E-state index contributed by atoms with van der Waals surface area (Å²) < 4.78 is 28.9. The number of nitrogens with zero attached hydrogens (tertiary/aromatic N) is 1. The number of carbonyl (C=O) groups is 1. The molecule has 2 aromatic carbocycles. The van der Waals surface area contributed by atoms with Crippen LogP contribution in [0.15, 0.2) is 66.9 Å². The quantitative estimate of drug-likeness (QED) is 0.554. The summed E-state index contributed by atoms with van der Waals surface area (Å²) >= 11 is 0. The molecule has 3 aromatic rings. The molecule has 1 N–H and O–H groups in total. The van der Waals surface area contributed by atoms with Gasteiger partial charge in [0.2, 0.25) is 5.88 Å². The van der Waals surface area contributed by atoms with E-state index in [4.69, 9.17) is 14.2 Å². The summed E-state index contributed by atoms with van der Waals surface area (Å²) in [6, 6.07) is 16.1. The van der Waals surface area contributed by atoms with Crippen molar-refractivity contribution in [2.24, 2.45) is 0 Å². The Morgan fingerprint density at radius 2 is 1.86 bits per heavy atom. The van der Waals surface area contributed by atoms with Gasteiger partial charge in [-0.1, -0.05) is 12.1 Å². The number of aromatic nitrogens is 1. The molecule has 0 aliphatic rings. The molecule has 1 aromatic heterocycles. The third-order valence-electron chi connectivity index (χ3n) is 3.94. The Morgan fingerprint density at radius 1 is 1.03 bits per heavy atom. The van der Waals surface area contributed by atoms with Crippen LogP contribution in [-0.4, -0.2) is 31.2 Å². The summed E-state index contributed by atoms with van der Waals surface area (Å²) in [6.07, 6.45) is 1.61. The maximum Gasteiger partial charge on any atom is 0.251 e. The monoisotopic (exact) mass is 396 g/mol. The van der Waals surface area contributed by atoms with Crippen LogP contribution in [0.5, 0.6) is 17.4 Å². The number of ether oxygens (including phenoxy) is 3. The highest BCUT2D eigenvalue weighted by Gasteiger charge is 2.07. The van der Waals surface area contributed by atoms with Crippen molar-refractivity contribution in [1.29, 1.82) is 0 Å². The molecule has 0 fully saturated rings. The second-order valence-electron chi connectivity index (χ2n) is 6.11. The molecule has 0 spiro atoms. The molecule has 150 valence electrons. The molecule has 1 heterocycles. The first-order valence-electron chi connectivity index (χ1n) is 9.02. The zero-order chi connectivity index (χ0) is 20.5. The fraction of sp³-hybridized carbons (Fsp3) is 0.182. The summed E-state index contributed by atoms with van der Waals surface area (Å²) in [5, 5.41) is 2.84. The number of amides is 1. The zero-order valence-electron chi connectivity index (χ0n) is 15.9. The Labute approximate surface area is 168 Å². The molecule has 0 aliphatic heterocycles. The number of carbonyl (C=O) groups excluding carboxylic acids is 1. The molecule has 0 saturated heterocycles. The van der Waals surface area contributed by atoms with E-state index in [-0.39, 0.29) is 11.7 Å². The Balaban J connectivity index is 1.52. The van der Waals surface area contributed by atoms with Crippen molar-refractivity contribution in [3.8, 4) is 17.4 Å². The number of hydrogen-bond donors (Lipinski definition) is 1. The van der Waals surface area contributed by atoms with Crippen molar-refractivity contribution < 1.29 is 23.4 Å². The molecule has 7 heteroatoms. The van der Waals surface area contributed by atoms with Gasteiger partial charge in [-0.05, 0) is 48.0 Å². The lowest BCUT2D eigenvalue weighted by Gasteiger charge is -2.09. The maximum absolute atomic E-state index is 12.9. The summed E-state index contributed by atoms with van der Waals surface area (Å²) in [5.74, 6) is 0.941. The molecule has 3 rings (SSSR count). The molecule has 0 saturated carbocycles. The van der Waals surface area contributed by atoms with Crippen molar-refractivity contribution in [2.75, 3.05) is 20.3 Å². The van der Waals surface area contributed by atoms with E-state index in [1.54, 1.807) is 49.7 Å². The van der Waals surface area contributed by atoms with Crippen LogP contribution in [0.1, 0.15) is 15.9 Å². The third-order valence-corrected chi connectivity index (χ3v) is 3.94. The molecular weight excluding hydrogens is 375 g/mol. The number of methoxy groups -OCH3 is 1. The first kappa shape index (κ1) is 20.3. The van der Waals surface area contributed by atoms with Crippen LogP contribution in [0.3, 0.4) is 0 Å². The van der Waals surface area contributed by atoms with Gasteiger partial charge in [-0.25, -0.2) is 9.37 Å². The van der Waals surface area contributed by atoms with Crippen LogP contribution in [0.2, 0.25) is 0 Å². The molecule has 0 atom stereocenters. The fourth-order valence-corrected chi connectivity index (χ4v) is 2.45. The van der Waals surface area contributed by atoms with Crippen LogP contribution in [-0.2, 0) is 11.3 Å². The van der Waals surface area contributed by atoms with Crippen LogP contribution in [0.4, 0.5) is 4.39 Å². The number of rotatable bonds is 9. The molecule has 0 aliphatic carbocycles. The molecule has 0 radical (unpaired) electrons. The first-order chi connectivity index (χ1) is 14.1. The van der Waals surface area contributed by atoms with Gasteiger partial charge in [0.05, 0.1) is 6.61 Å². The molecular formula is C22H21FN2O4. The van der Waals surface area contributed by atoms with E-state index in [1.807, 2.05) is 0 Å². The minimum absolute atomic E-state index is 0.214. The largest absolute Gasteiger partial charge is 0.491 e. The van der Waals surface area contributed by atoms with E-state index in [1.165, 1.54) is 24.3 Å². The lowest BCUT2D eigenvalue weighted by Crippen LogP contribution is -2.22. The van der Waals surface area contributed by atoms with Gasteiger partial charge in [-0.2, -0.15) is 0 Å². The highest BCUT2D eigenvalue weighted by Crippen LogP contribution is 2.19. The number of hydrogen-bond acceptors (Lipinski definition) is 5. The van der Waals surface area contributed by atoms with Gasteiger partial charge >= 0.3 is 0 Å². The Kier molecular flexibility index (Phi) is 7.13. The Morgan fingerprint density at radius 3 is 2.59 bits per heavy atom. The topological polar surface area (TPSA) is 69.7 Å². The second kappa shape index (κ2) is 10.2. The average Bonchev–Trinajstić information content (AvgIpc) is 2.75. The summed E-state index contributed by atoms with van der Waals surface area (Å²) in [7, 11) is 1.60. The van der Waals surface area contributed by atoms with Gasteiger partial charge in [0.15, 0.2) is 0 Å². The highest BCUT2D eigenvalue weighted by atomic mass is 19.1. The van der Waals surface area contributed by atoms with Gasteiger partial charge in [0.25, 0.3) is 5.91 Å². The van der Waals surface area contributed by atoms with Crippen LogP contribution < -0.4 is 14.8 Å². The van der Waals surface area contributed by atoms with Gasteiger partial charge < -0.3 is 19.5 Å². The number of nitrogens with one attached hydrogen (secondary N) is 1. The number of benzene rings is 2. The molecule has 0 unspecified atom stereocenters. The van der Waals surface area contributed by atoms with Crippen molar-refractivity contribution in [3.63, 3.8) is 0 Å². The fourth-order valence-electron chi connectivity index (χ4n) is 2.45. The van der Waals surface area contributed by atoms with E-state index < -0.39 is 0 Å². The predicted octanol–water partition coefficient (Wildman–Crippen LogP) is 3.97. The van der Waals surface area contributed by atoms with E-state index in [0.717, 1.165) is 5.56 Å². The zero-order valence-corrected chi connectivity index (χ0v) is 15.9. The number of halogens is 1. The van der Waals surface area contributed by atoms with Crippen molar-refractivity contribution >= 4 is 5.91 Å². The molecule has 29 heavy (non-hydrogen) atoms. The van der Waals surface area contributed by atoms with E-state index in [2.05, 4.69) is 10.3 Å².